The number of carbonyl (C=O) groups excluding carboxylic acids is 1. The number of hydrogen-bond donors (Lipinski definition) is 1. The molecular weight excluding hydrogens is 238 g/mol. The van der Waals surface area contributed by atoms with Gasteiger partial charge in [-0.15, -0.1) is 0 Å². The number of aliphatic hydroxyl groups is 1. The van der Waals surface area contributed by atoms with Crippen LogP contribution in [0.25, 0.3) is 0 Å². The molecule has 1 aromatic rings. The molecule has 0 unspecified atom stereocenters. The molecule has 0 radical (unpaired) electrons. The van der Waals surface area contributed by atoms with E-state index in [1.54, 1.807) is 0 Å². The maximum absolute atomic E-state index is 12.2. The van der Waals surface area contributed by atoms with Gasteiger partial charge in [-0.25, -0.2) is 0 Å². The Morgan fingerprint density at radius 1 is 1.26 bits per heavy atom. The van der Waals surface area contributed by atoms with Gasteiger partial charge in [0.05, 0.1) is 0 Å². The first kappa shape index (κ1) is 14.1. The summed E-state index contributed by atoms with van der Waals surface area (Å²) < 4.78 is 0. The Kier molecular flexibility index (Phi) is 4.97. The molecule has 1 aliphatic heterocycles. The summed E-state index contributed by atoms with van der Waals surface area (Å²) in [5, 5.41) is 9.09. The van der Waals surface area contributed by atoms with Gasteiger partial charge in [-0.1, -0.05) is 43.7 Å². The summed E-state index contributed by atoms with van der Waals surface area (Å²) in [6.07, 6.45) is 2.42. The molecule has 1 aliphatic rings. The third kappa shape index (κ3) is 3.57. The lowest BCUT2D eigenvalue weighted by molar-refractivity contribution is -0.138. The molecule has 0 saturated carbocycles. The number of benzene rings is 1. The van der Waals surface area contributed by atoms with Crippen LogP contribution in [0.5, 0.6) is 0 Å². The van der Waals surface area contributed by atoms with Gasteiger partial charge in [-0.3, -0.25) is 4.79 Å². The predicted molar refractivity (Wildman–Crippen MR) is 75.4 cm³/mol. The van der Waals surface area contributed by atoms with Crippen LogP contribution in [-0.4, -0.2) is 29.1 Å². The summed E-state index contributed by atoms with van der Waals surface area (Å²) in [4.78, 5) is 14.2. The first-order valence-electron chi connectivity index (χ1n) is 7.17. The Morgan fingerprint density at radius 3 is 2.63 bits per heavy atom. The van der Waals surface area contributed by atoms with Crippen molar-refractivity contribution in [1.82, 2.24) is 4.90 Å². The molecule has 3 heteroatoms. The molecule has 0 bridgehead atoms. The van der Waals surface area contributed by atoms with Crippen LogP contribution in [0, 0.1) is 11.8 Å². The van der Waals surface area contributed by atoms with E-state index < -0.39 is 0 Å². The Hall–Kier alpha value is -1.35. The van der Waals surface area contributed by atoms with Crippen LogP contribution in [0.15, 0.2) is 30.3 Å². The SMILES string of the molecule is CC[C@H]1CN(Cc2ccccc2)C(=O)C[C@H]1CCO. The monoisotopic (exact) mass is 261 g/mol. The van der Waals surface area contributed by atoms with Crippen molar-refractivity contribution in [3.8, 4) is 0 Å². The van der Waals surface area contributed by atoms with E-state index in [4.69, 9.17) is 5.11 Å². The molecule has 2 atom stereocenters. The van der Waals surface area contributed by atoms with Crippen LogP contribution in [0.4, 0.5) is 0 Å². The Balaban J connectivity index is 2.01. The van der Waals surface area contributed by atoms with Crippen molar-refractivity contribution in [2.75, 3.05) is 13.2 Å². The summed E-state index contributed by atoms with van der Waals surface area (Å²) in [6, 6.07) is 10.1. The average Bonchev–Trinajstić information content (AvgIpc) is 2.43. The molecule has 1 N–H and O–H groups in total. The second-order valence-electron chi connectivity index (χ2n) is 5.40. The highest BCUT2D eigenvalue weighted by Gasteiger charge is 2.32. The first-order valence-corrected chi connectivity index (χ1v) is 7.17. The van der Waals surface area contributed by atoms with Gasteiger partial charge in [-0.05, 0) is 23.8 Å². The molecule has 1 amide bonds. The number of piperidine rings is 1. The molecule has 2 rings (SSSR count). The van der Waals surface area contributed by atoms with Gasteiger partial charge in [0.15, 0.2) is 0 Å². The van der Waals surface area contributed by atoms with E-state index in [2.05, 4.69) is 19.1 Å². The van der Waals surface area contributed by atoms with Crippen LogP contribution < -0.4 is 0 Å². The van der Waals surface area contributed by atoms with E-state index in [-0.39, 0.29) is 12.5 Å². The predicted octanol–water partition coefficient (Wildman–Crippen LogP) is 2.44. The number of carbonyl (C=O) groups is 1. The fraction of sp³-hybridized carbons (Fsp3) is 0.562. The van der Waals surface area contributed by atoms with E-state index in [1.165, 1.54) is 5.56 Å². The largest absolute Gasteiger partial charge is 0.396 e. The van der Waals surface area contributed by atoms with Crippen LogP contribution in [0.1, 0.15) is 31.7 Å². The summed E-state index contributed by atoms with van der Waals surface area (Å²) in [5.74, 6) is 1.11. The van der Waals surface area contributed by atoms with Gasteiger partial charge in [-0.2, -0.15) is 0 Å². The molecule has 104 valence electrons. The fourth-order valence-corrected chi connectivity index (χ4v) is 2.98. The van der Waals surface area contributed by atoms with Crippen molar-refractivity contribution in [1.29, 1.82) is 0 Å². The smallest absolute Gasteiger partial charge is 0.223 e. The number of nitrogens with zero attached hydrogens (tertiary/aromatic N) is 1. The second-order valence-corrected chi connectivity index (χ2v) is 5.40. The highest BCUT2D eigenvalue weighted by atomic mass is 16.3. The zero-order valence-electron chi connectivity index (χ0n) is 11.6. The number of hydrogen-bond acceptors (Lipinski definition) is 2. The molecule has 1 heterocycles. The Morgan fingerprint density at radius 2 is 2.00 bits per heavy atom. The van der Waals surface area contributed by atoms with Crippen LogP contribution in [-0.2, 0) is 11.3 Å². The lowest BCUT2D eigenvalue weighted by Crippen LogP contribution is -2.44. The lowest BCUT2D eigenvalue weighted by Gasteiger charge is -2.38. The van der Waals surface area contributed by atoms with Crippen LogP contribution in [0.2, 0.25) is 0 Å². The molecule has 1 aromatic carbocycles. The minimum Gasteiger partial charge on any atom is -0.396 e. The second kappa shape index (κ2) is 6.71. The highest BCUT2D eigenvalue weighted by Crippen LogP contribution is 2.30. The average molecular weight is 261 g/mol. The molecule has 3 nitrogen and oxygen atoms in total. The maximum Gasteiger partial charge on any atom is 0.223 e. The van der Waals surface area contributed by atoms with E-state index in [1.807, 2.05) is 23.1 Å². The van der Waals surface area contributed by atoms with Gasteiger partial charge in [0.2, 0.25) is 5.91 Å². The van der Waals surface area contributed by atoms with Crippen LogP contribution >= 0.6 is 0 Å². The number of rotatable bonds is 5. The molecule has 0 spiro atoms. The molecule has 0 aliphatic carbocycles. The van der Waals surface area contributed by atoms with Gasteiger partial charge in [0.25, 0.3) is 0 Å². The topological polar surface area (TPSA) is 40.5 Å². The van der Waals surface area contributed by atoms with Gasteiger partial charge in [0.1, 0.15) is 0 Å². The van der Waals surface area contributed by atoms with Crippen molar-refractivity contribution >= 4 is 5.91 Å². The number of amides is 1. The Labute approximate surface area is 115 Å². The van der Waals surface area contributed by atoms with Crippen LogP contribution in [0.3, 0.4) is 0 Å². The van der Waals surface area contributed by atoms with Crippen molar-refractivity contribution in [2.24, 2.45) is 11.8 Å². The standard InChI is InChI=1S/C16H23NO2/c1-2-14-12-17(11-13-6-4-3-5-7-13)16(19)10-15(14)8-9-18/h3-7,14-15,18H,2,8-12H2,1H3/t14-,15+/m0/s1. The van der Waals surface area contributed by atoms with E-state index in [9.17, 15) is 4.79 Å². The summed E-state index contributed by atoms with van der Waals surface area (Å²) >= 11 is 0. The maximum atomic E-state index is 12.2. The number of likely N-dealkylation sites (tertiary alicyclic amines) is 1. The van der Waals surface area contributed by atoms with Crippen molar-refractivity contribution in [2.45, 2.75) is 32.7 Å². The molecular formula is C16H23NO2. The fourth-order valence-electron chi connectivity index (χ4n) is 2.98. The molecule has 1 fully saturated rings. The van der Waals surface area contributed by atoms with E-state index >= 15 is 0 Å². The van der Waals surface area contributed by atoms with Gasteiger partial charge >= 0.3 is 0 Å². The quantitative estimate of drug-likeness (QED) is 0.884. The van der Waals surface area contributed by atoms with Gasteiger partial charge in [0, 0.05) is 26.1 Å². The van der Waals surface area contributed by atoms with Crippen molar-refractivity contribution in [3.63, 3.8) is 0 Å². The summed E-state index contributed by atoms with van der Waals surface area (Å²) in [6.45, 7) is 3.90. The summed E-state index contributed by atoms with van der Waals surface area (Å²) in [5.41, 5.74) is 1.19. The van der Waals surface area contributed by atoms with Crippen molar-refractivity contribution < 1.29 is 9.90 Å². The normalized spacial score (nSPS) is 23.7. The minimum absolute atomic E-state index is 0.188. The molecule has 19 heavy (non-hydrogen) atoms. The number of aliphatic hydroxyl groups excluding tert-OH is 1. The third-order valence-corrected chi connectivity index (χ3v) is 4.15. The zero-order valence-corrected chi connectivity index (χ0v) is 11.6. The highest BCUT2D eigenvalue weighted by molar-refractivity contribution is 5.77. The lowest BCUT2D eigenvalue weighted by atomic mass is 9.81. The van der Waals surface area contributed by atoms with Crippen molar-refractivity contribution in [3.05, 3.63) is 35.9 Å². The minimum atomic E-state index is 0.188. The first-order chi connectivity index (χ1) is 9.24. The van der Waals surface area contributed by atoms with E-state index in [0.717, 1.165) is 19.4 Å². The van der Waals surface area contributed by atoms with E-state index in [0.29, 0.717) is 24.8 Å². The third-order valence-electron chi connectivity index (χ3n) is 4.15. The Bertz CT molecular complexity index is 404. The molecule has 1 saturated heterocycles. The molecule has 0 aromatic heterocycles. The zero-order chi connectivity index (χ0) is 13.7. The summed E-state index contributed by atoms with van der Waals surface area (Å²) in [7, 11) is 0. The van der Waals surface area contributed by atoms with Gasteiger partial charge < -0.3 is 10.0 Å².